The molecule has 0 saturated carbocycles. The molecule has 2 rings (SSSR count). The number of halogens is 1. The van der Waals surface area contributed by atoms with Crippen LogP contribution in [0.1, 0.15) is 22.9 Å². The standard InChI is InChI=1S/C16H17ClN2O/c1-12-5-7-13(8-6-12)10-15(19-16(20)11-17)14-4-2-3-9-18-14/h2-9,15H,10-11H2,1H3,(H,19,20). The first-order chi connectivity index (χ1) is 9.69. The lowest BCUT2D eigenvalue weighted by molar-refractivity contribution is -0.119. The Labute approximate surface area is 124 Å². The summed E-state index contributed by atoms with van der Waals surface area (Å²) in [5.41, 5.74) is 3.21. The number of hydrogen-bond donors (Lipinski definition) is 1. The van der Waals surface area contributed by atoms with Crippen molar-refractivity contribution in [2.75, 3.05) is 5.88 Å². The van der Waals surface area contributed by atoms with E-state index in [2.05, 4.69) is 41.5 Å². The predicted octanol–water partition coefficient (Wildman–Crippen LogP) is 3.03. The Morgan fingerprint density at radius 3 is 2.60 bits per heavy atom. The number of aromatic nitrogens is 1. The molecule has 4 heteroatoms. The molecule has 1 aromatic heterocycles. The first-order valence-corrected chi connectivity index (χ1v) is 7.04. The second-order valence-electron chi connectivity index (χ2n) is 4.70. The number of pyridine rings is 1. The Balaban J connectivity index is 2.18. The normalized spacial score (nSPS) is 11.9. The molecule has 0 aliphatic rings. The maximum atomic E-state index is 11.6. The number of nitrogens with zero attached hydrogens (tertiary/aromatic N) is 1. The summed E-state index contributed by atoms with van der Waals surface area (Å²) in [4.78, 5) is 15.9. The van der Waals surface area contributed by atoms with Gasteiger partial charge in [0.15, 0.2) is 0 Å². The van der Waals surface area contributed by atoms with Gasteiger partial charge in [0.2, 0.25) is 5.91 Å². The molecule has 1 aromatic carbocycles. The van der Waals surface area contributed by atoms with Crippen molar-refractivity contribution in [3.63, 3.8) is 0 Å². The van der Waals surface area contributed by atoms with E-state index in [1.54, 1.807) is 6.20 Å². The number of nitrogens with one attached hydrogen (secondary N) is 1. The average molecular weight is 289 g/mol. The summed E-state index contributed by atoms with van der Waals surface area (Å²) in [6.45, 7) is 2.05. The molecule has 2 aromatic rings. The van der Waals surface area contributed by atoms with Crippen molar-refractivity contribution in [2.24, 2.45) is 0 Å². The highest BCUT2D eigenvalue weighted by molar-refractivity contribution is 6.27. The molecule has 1 amide bonds. The summed E-state index contributed by atoms with van der Waals surface area (Å²) in [5, 5.41) is 2.91. The largest absolute Gasteiger partial charge is 0.346 e. The molecule has 1 unspecified atom stereocenters. The van der Waals surface area contributed by atoms with Crippen LogP contribution in [0.25, 0.3) is 0 Å². The van der Waals surface area contributed by atoms with Gasteiger partial charge in [-0.2, -0.15) is 0 Å². The molecule has 1 N–H and O–H groups in total. The van der Waals surface area contributed by atoms with Crippen LogP contribution < -0.4 is 5.32 Å². The summed E-state index contributed by atoms with van der Waals surface area (Å²) in [6, 6.07) is 13.8. The first kappa shape index (κ1) is 14.5. The minimum absolute atomic E-state index is 0.0444. The molecule has 0 fully saturated rings. The van der Waals surface area contributed by atoms with Crippen molar-refractivity contribution < 1.29 is 4.79 Å². The SMILES string of the molecule is Cc1ccc(CC(NC(=O)CCl)c2ccccn2)cc1. The number of alkyl halides is 1. The molecule has 0 saturated heterocycles. The maximum absolute atomic E-state index is 11.6. The van der Waals surface area contributed by atoms with Crippen molar-refractivity contribution in [3.05, 3.63) is 65.5 Å². The van der Waals surface area contributed by atoms with Crippen molar-refractivity contribution in [1.82, 2.24) is 10.3 Å². The lowest BCUT2D eigenvalue weighted by Crippen LogP contribution is -2.31. The smallest absolute Gasteiger partial charge is 0.235 e. The van der Waals surface area contributed by atoms with Crippen LogP contribution in [0.3, 0.4) is 0 Å². The highest BCUT2D eigenvalue weighted by atomic mass is 35.5. The van der Waals surface area contributed by atoms with Crippen molar-refractivity contribution >= 4 is 17.5 Å². The molecule has 1 heterocycles. The monoisotopic (exact) mass is 288 g/mol. The number of benzene rings is 1. The zero-order chi connectivity index (χ0) is 14.4. The minimum Gasteiger partial charge on any atom is -0.346 e. The number of carbonyl (C=O) groups excluding carboxylic acids is 1. The van der Waals surface area contributed by atoms with Gasteiger partial charge >= 0.3 is 0 Å². The van der Waals surface area contributed by atoms with Crippen LogP contribution in [-0.2, 0) is 11.2 Å². The highest BCUT2D eigenvalue weighted by Gasteiger charge is 2.15. The van der Waals surface area contributed by atoms with E-state index < -0.39 is 0 Å². The Kier molecular flexibility index (Phi) is 5.13. The van der Waals surface area contributed by atoms with E-state index in [4.69, 9.17) is 11.6 Å². The van der Waals surface area contributed by atoms with Crippen LogP contribution in [0.2, 0.25) is 0 Å². The number of carbonyl (C=O) groups is 1. The summed E-state index contributed by atoms with van der Waals surface area (Å²) < 4.78 is 0. The van der Waals surface area contributed by atoms with E-state index in [9.17, 15) is 4.79 Å². The predicted molar refractivity (Wildman–Crippen MR) is 80.7 cm³/mol. The fourth-order valence-corrected chi connectivity index (χ4v) is 2.08. The molecule has 0 aliphatic heterocycles. The van der Waals surface area contributed by atoms with Crippen LogP contribution in [0.4, 0.5) is 0 Å². The van der Waals surface area contributed by atoms with Gasteiger partial charge in [-0.15, -0.1) is 11.6 Å². The van der Waals surface area contributed by atoms with Gasteiger partial charge in [0.1, 0.15) is 5.88 Å². The summed E-state index contributed by atoms with van der Waals surface area (Å²) in [6.07, 6.45) is 2.42. The van der Waals surface area contributed by atoms with Gasteiger partial charge in [-0.3, -0.25) is 9.78 Å². The second-order valence-corrected chi connectivity index (χ2v) is 4.97. The van der Waals surface area contributed by atoms with Crippen molar-refractivity contribution in [2.45, 2.75) is 19.4 Å². The van der Waals surface area contributed by atoms with E-state index >= 15 is 0 Å². The molecular formula is C16H17ClN2O. The van der Waals surface area contributed by atoms with E-state index in [0.29, 0.717) is 6.42 Å². The lowest BCUT2D eigenvalue weighted by atomic mass is 10.0. The van der Waals surface area contributed by atoms with E-state index in [1.807, 2.05) is 18.2 Å². The molecule has 0 radical (unpaired) electrons. The number of aryl methyl sites for hydroxylation is 1. The molecule has 3 nitrogen and oxygen atoms in total. The van der Waals surface area contributed by atoms with Gasteiger partial charge < -0.3 is 5.32 Å². The molecule has 0 bridgehead atoms. The molecule has 0 aliphatic carbocycles. The van der Waals surface area contributed by atoms with Gasteiger partial charge in [-0.05, 0) is 31.0 Å². The Morgan fingerprint density at radius 1 is 1.25 bits per heavy atom. The maximum Gasteiger partial charge on any atom is 0.235 e. The summed E-state index contributed by atoms with van der Waals surface area (Å²) in [7, 11) is 0. The zero-order valence-electron chi connectivity index (χ0n) is 11.3. The highest BCUT2D eigenvalue weighted by Crippen LogP contribution is 2.17. The quantitative estimate of drug-likeness (QED) is 0.859. The van der Waals surface area contributed by atoms with Crippen LogP contribution >= 0.6 is 11.6 Å². The fraction of sp³-hybridized carbons (Fsp3) is 0.250. The topological polar surface area (TPSA) is 42.0 Å². The van der Waals surface area contributed by atoms with Crippen LogP contribution in [0, 0.1) is 6.92 Å². The molecular weight excluding hydrogens is 272 g/mol. The molecule has 20 heavy (non-hydrogen) atoms. The minimum atomic E-state index is -0.186. The van der Waals surface area contributed by atoms with Gasteiger partial charge in [-0.25, -0.2) is 0 Å². The van der Waals surface area contributed by atoms with Crippen molar-refractivity contribution in [3.8, 4) is 0 Å². The van der Waals surface area contributed by atoms with Crippen LogP contribution in [0.15, 0.2) is 48.7 Å². The van der Waals surface area contributed by atoms with E-state index in [0.717, 1.165) is 11.3 Å². The summed E-state index contributed by atoms with van der Waals surface area (Å²) in [5.74, 6) is -0.230. The van der Waals surface area contributed by atoms with Gasteiger partial charge in [0.05, 0.1) is 11.7 Å². The van der Waals surface area contributed by atoms with Gasteiger partial charge in [-0.1, -0.05) is 35.9 Å². The Hall–Kier alpha value is -1.87. The third-order valence-corrected chi connectivity index (χ3v) is 3.30. The zero-order valence-corrected chi connectivity index (χ0v) is 12.1. The van der Waals surface area contributed by atoms with E-state index in [-0.39, 0.29) is 17.8 Å². The molecule has 0 spiro atoms. The van der Waals surface area contributed by atoms with Crippen LogP contribution in [-0.4, -0.2) is 16.8 Å². The fourth-order valence-electron chi connectivity index (χ4n) is 2.00. The third-order valence-electron chi connectivity index (χ3n) is 3.06. The number of hydrogen-bond acceptors (Lipinski definition) is 2. The summed E-state index contributed by atoms with van der Waals surface area (Å²) >= 11 is 5.57. The number of rotatable bonds is 5. The van der Waals surface area contributed by atoms with E-state index in [1.165, 1.54) is 5.56 Å². The average Bonchev–Trinajstić information content (AvgIpc) is 2.49. The molecule has 104 valence electrons. The van der Waals surface area contributed by atoms with Crippen LogP contribution in [0.5, 0.6) is 0 Å². The molecule has 1 atom stereocenters. The first-order valence-electron chi connectivity index (χ1n) is 6.51. The third kappa shape index (κ3) is 4.07. The van der Waals surface area contributed by atoms with Crippen molar-refractivity contribution in [1.29, 1.82) is 0 Å². The lowest BCUT2D eigenvalue weighted by Gasteiger charge is -2.18. The Morgan fingerprint density at radius 2 is 2.00 bits per heavy atom. The Bertz CT molecular complexity index is 554. The number of amides is 1. The second kappa shape index (κ2) is 7.06. The van der Waals surface area contributed by atoms with Gasteiger partial charge in [0, 0.05) is 6.20 Å². The van der Waals surface area contributed by atoms with Gasteiger partial charge in [0.25, 0.3) is 0 Å².